The van der Waals surface area contributed by atoms with Gasteiger partial charge in [-0.15, -0.1) is 0 Å². The van der Waals surface area contributed by atoms with Crippen molar-refractivity contribution in [2.45, 2.75) is 38.1 Å². The number of fused-ring (bicyclic) bond motifs is 2. The molecule has 2 N–H and O–H groups in total. The fourth-order valence-corrected chi connectivity index (χ4v) is 3.10. The predicted octanol–water partition coefficient (Wildman–Crippen LogP) is 3.01. The van der Waals surface area contributed by atoms with Gasteiger partial charge in [0.05, 0.1) is 24.4 Å². The van der Waals surface area contributed by atoms with E-state index < -0.39 is 0 Å². The van der Waals surface area contributed by atoms with Crippen molar-refractivity contribution in [2.24, 2.45) is 5.92 Å². The van der Waals surface area contributed by atoms with Gasteiger partial charge in [-0.3, -0.25) is 4.79 Å². The molecule has 0 spiro atoms. The fourth-order valence-electron chi connectivity index (χ4n) is 3.10. The number of carbonyl (C=O) groups is 1. The molecule has 1 amide bonds. The highest BCUT2D eigenvalue weighted by molar-refractivity contribution is 5.98. The third kappa shape index (κ3) is 2.39. The first-order chi connectivity index (χ1) is 9.28. The maximum absolute atomic E-state index is 12.4. The number of nitrogens with one attached hydrogen (secondary N) is 2. The Kier molecular flexibility index (Phi) is 3.32. The first-order valence-electron chi connectivity index (χ1n) is 7.03. The highest BCUT2D eigenvalue weighted by atomic mass is 16.5. The Morgan fingerprint density at radius 3 is 2.84 bits per heavy atom. The first kappa shape index (κ1) is 12.3. The lowest BCUT2D eigenvalue weighted by Crippen LogP contribution is -2.34. The third-order valence-electron chi connectivity index (χ3n) is 4.18. The van der Waals surface area contributed by atoms with Crippen LogP contribution in [-0.2, 0) is 4.79 Å². The Morgan fingerprint density at radius 2 is 2.00 bits per heavy atom. The van der Waals surface area contributed by atoms with E-state index in [9.17, 15) is 4.79 Å². The molecule has 1 aromatic carbocycles. The maximum Gasteiger partial charge on any atom is 0.229 e. The quantitative estimate of drug-likeness (QED) is 0.816. The first-order valence-corrected chi connectivity index (χ1v) is 7.03. The van der Waals surface area contributed by atoms with Gasteiger partial charge in [-0.1, -0.05) is 19.3 Å². The van der Waals surface area contributed by atoms with Crippen molar-refractivity contribution in [2.75, 3.05) is 17.7 Å². The molecule has 3 rings (SSSR count). The largest absolute Gasteiger partial charge is 0.497 e. The summed E-state index contributed by atoms with van der Waals surface area (Å²) in [5.41, 5.74) is 1.83. The van der Waals surface area contributed by atoms with Crippen molar-refractivity contribution >= 4 is 17.3 Å². The number of rotatable bonds is 1. The molecule has 1 fully saturated rings. The number of hydrogen-bond acceptors (Lipinski definition) is 3. The minimum absolute atomic E-state index is 0.0842. The molecule has 1 heterocycles. The molecule has 0 saturated heterocycles. The van der Waals surface area contributed by atoms with E-state index in [-0.39, 0.29) is 17.9 Å². The van der Waals surface area contributed by atoms with E-state index >= 15 is 0 Å². The zero-order valence-corrected chi connectivity index (χ0v) is 11.2. The summed E-state index contributed by atoms with van der Waals surface area (Å²) in [6.45, 7) is 0. The Bertz CT molecular complexity index is 487. The highest BCUT2D eigenvalue weighted by Crippen LogP contribution is 2.35. The Labute approximate surface area is 113 Å². The minimum Gasteiger partial charge on any atom is -0.497 e. The molecule has 4 heteroatoms. The summed E-state index contributed by atoms with van der Waals surface area (Å²) in [6, 6.07) is 6.06. The second-order valence-corrected chi connectivity index (χ2v) is 5.40. The summed E-state index contributed by atoms with van der Waals surface area (Å²) in [7, 11) is 1.64. The van der Waals surface area contributed by atoms with Crippen molar-refractivity contribution < 1.29 is 9.53 Å². The van der Waals surface area contributed by atoms with Gasteiger partial charge in [-0.05, 0) is 25.0 Å². The Morgan fingerprint density at radius 1 is 1.16 bits per heavy atom. The molecule has 0 bridgehead atoms. The zero-order valence-electron chi connectivity index (χ0n) is 11.2. The molecule has 2 aliphatic rings. The van der Waals surface area contributed by atoms with Gasteiger partial charge in [-0.25, -0.2) is 0 Å². The van der Waals surface area contributed by atoms with Crippen LogP contribution >= 0.6 is 0 Å². The third-order valence-corrected chi connectivity index (χ3v) is 4.18. The number of methoxy groups -OCH3 is 1. The van der Waals surface area contributed by atoms with Crippen LogP contribution in [0.1, 0.15) is 32.1 Å². The molecule has 102 valence electrons. The van der Waals surface area contributed by atoms with Crippen LogP contribution < -0.4 is 15.4 Å². The van der Waals surface area contributed by atoms with Crippen molar-refractivity contribution in [3.63, 3.8) is 0 Å². The molecule has 1 aromatic rings. The highest BCUT2D eigenvalue weighted by Gasteiger charge is 2.32. The average Bonchev–Trinajstić information content (AvgIpc) is 2.71. The van der Waals surface area contributed by atoms with Crippen molar-refractivity contribution in [3.05, 3.63) is 18.2 Å². The number of hydrogen-bond donors (Lipinski definition) is 2. The number of carbonyl (C=O) groups excluding carboxylic acids is 1. The summed E-state index contributed by atoms with van der Waals surface area (Å²) in [5.74, 6) is 0.996. The smallest absolute Gasteiger partial charge is 0.229 e. The normalized spacial score (nSPS) is 26.1. The van der Waals surface area contributed by atoms with Crippen molar-refractivity contribution in [1.29, 1.82) is 0 Å². The van der Waals surface area contributed by atoms with E-state index in [0.717, 1.165) is 36.4 Å². The van der Waals surface area contributed by atoms with Crippen LogP contribution in [0.25, 0.3) is 0 Å². The van der Waals surface area contributed by atoms with Crippen LogP contribution in [0.15, 0.2) is 18.2 Å². The van der Waals surface area contributed by atoms with Crippen LogP contribution in [0.3, 0.4) is 0 Å². The van der Waals surface area contributed by atoms with Crippen LogP contribution in [0.2, 0.25) is 0 Å². The molecule has 2 unspecified atom stereocenters. The van der Waals surface area contributed by atoms with Gasteiger partial charge in [0.25, 0.3) is 0 Å². The summed E-state index contributed by atoms with van der Waals surface area (Å²) in [5, 5.41) is 6.59. The second kappa shape index (κ2) is 5.11. The van der Waals surface area contributed by atoms with E-state index in [1.54, 1.807) is 7.11 Å². The van der Waals surface area contributed by atoms with Gasteiger partial charge >= 0.3 is 0 Å². The number of amides is 1. The summed E-state index contributed by atoms with van der Waals surface area (Å²) in [6.07, 6.45) is 5.64. The predicted molar refractivity (Wildman–Crippen MR) is 75.6 cm³/mol. The topological polar surface area (TPSA) is 50.4 Å². The molecule has 4 nitrogen and oxygen atoms in total. The molecule has 1 aliphatic carbocycles. The van der Waals surface area contributed by atoms with Gasteiger partial charge in [0.1, 0.15) is 5.75 Å². The number of ether oxygens (including phenoxy) is 1. The molecule has 0 radical (unpaired) electrons. The standard InChI is InChI=1S/C15H20N2O2/c1-19-10-7-8-13-14(9-10)17-15(18)11-5-3-2-4-6-12(11)16-13/h7-9,11-12,16H,2-6H2,1H3,(H,17,18). The molecule has 1 saturated carbocycles. The van der Waals surface area contributed by atoms with Gasteiger partial charge in [-0.2, -0.15) is 0 Å². The van der Waals surface area contributed by atoms with Crippen LogP contribution in [-0.4, -0.2) is 19.1 Å². The Balaban J connectivity index is 1.93. The average molecular weight is 260 g/mol. The molecule has 19 heavy (non-hydrogen) atoms. The van der Waals surface area contributed by atoms with Crippen LogP contribution in [0.5, 0.6) is 5.75 Å². The number of benzene rings is 1. The van der Waals surface area contributed by atoms with Gasteiger partial charge in [0.15, 0.2) is 0 Å². The lowest BCUT2D eigenvalue weighted by molar-refractivity contribution is -0.120. The van der Waals surface area contributed by atoms with Gasteiger partial charge in [0, 0.05) is 12.1 Å². The molecule has 2 atom stereocenters. The number of anilines is 2. The van der Waals surface area contributed by atoms with Crippen LogP contribution in [0.4, 0.5) is 11.4 Å². The molecular weight excluding hydrogens is 240 g/mol. The van der Waals surface area contributed by atoms with Gasteiger partial charge < -0.3 is 15.4 Å². The zero-order chi connectivity index (χ0) is 13.2. The Hall–Kier alpha value is -1.71. The van der Waals surface area contributed by atoms with E-state index in [0.29, 0.717) is 0 Å². The van der Waals surface area contributed by atoms with E-state index in [1.807, 2.05) is 18.2 Å². The van der Waals surface area contributed by atoms with E-state index in [2.05, 4.69) is 10.6 Å². The lowest BCUT2D eigenvalue weighted by atomic mass is 9.94. The van der Waals surface area contributed by atoms with Crippen LogP contribution in [0, 0.1) is 5.92 Å². The van der Waals surface area contributed by atoms with E-state index in [4.69, 9.17) is 4.74 Å². The molecule has 1 aliphatic heterocycles. The van der Waals surface area contributed by atoms with Gasteiger partial charge in [0.2, 0.25) is 5.91 Å². The lowest BCUT2D eigenvalue weighted by Gasteiger charge is -2.22. The maximum atomic E-state index is 12.4. The summed E-state index contributed by atoms with van der Waals surface area (Å²) < 4.78 is 5.22. The minimum atomic E-state index is 0.0842. The summed E-state index contributed by atoms with van der Waals surface area (Å²) in [4.78, 5) is 12.4. The van der Waals surface area contributed by atoms with Crippen molar-refractivity contribution in [3.8, 4) is 5.75 Å². The fraction of sp³-hybridized carbons (Fsp3) is 0.533. The SMILES string of the molecule is COc1ccc2c(c1)NC(=O)C1CCCCCC1N2. The monoisotopic (exact) mass is 260 g/mol. The van der Waals surface area contributed by atoms with Crippen molar-refractivity contribution in [1.82, 2.24) is 0 Å². The van der Waals surface area contributed by atoms with E-state index in [1.165, 1.54) is 12.8 Å². The summed E-state index contributed by atoms with van der Waals surface area (Å²) >= 11 is 0. The molecular formula is C15H20N2O2. The second-order valence-electron chi connectivity index (χ2n) is 5.40. The molecule has 0 aromatic heterocycles.